The molecule has 0 radical (unpaired) electrons. The second-order valence-electron chi connectivity index (χ2n) is 25.6. The van der Waals surface area contributed by atoms with Crippen molar-refractivity contribution in [2.24, 2.45) is 0 Å². The molecule has 4 nitrogen and oxygen atoms in total. The van der Waals surface area contributed by atoms with E-state index in [0.29, 0.717) is 11.8 Å². The van der Waals surface area contributed by atoms with Crippen molar-refractivity contribution in [3.63, 3.8) is 0 Å². The lowest BCUT2D eigenvalue weighted by Crippen LogP contribution is -2.29. The number of benzene rings is 11. The standard InChI is InChI=1S/C79H70N2O2/c1-49(2)51-37-41-55(42-38-51)80(69-35-21-31-62-60-29-19-33-65(77(5,6)7)73(60)82-75(62)69)57-45-46-64-67(47-57)79(53-23-13-11-14-24-53,54-25-15-12-16-26-54)68-48-71(58-27-17-18-28-59(58)72(64)68)81(56-43-39-52(40-44-56)50(3)4)70-36-22-32-63-61-30-20-34-66(78(8,9)10)74(61)83-76(63)70/h11-50H,1-10H3. The highest BCUT2D eigenvalue weighted by molar-refractivity contribution is 6.16. The van der Waals surface area contributed by atoms with E-state index in [9.17, 15) is 0 Å². The van der Waals surface area contributed by atoms with Crippen molar-refractivity contribution < 1.29 is 8.83 Å². The number of hydrogen-bond donors (Lipinski definition) is 0. The number of fused-ring (bicyclic) bond motifs is 11. The van der Waals surface area contributed by atoms with Gasteiger partial charge in [-0.3, -0.25) is 0 Å². The van der Waals surface area contributed by atoms with Crippen molar-refractivity contribution in [3.8, 4) is 11.1 Å². The van der Waals surface area contributed by atoms with Gasteiger partial charge in [-0.1, -0.05) is 245 Å². The summed E-state index contributed by atoms with van der Waals surface area (Å²) >= 11 is 0. The minimum absolute atomic E-state index is 0.122. The topological polar surface area (TPSA) is 32.8 Å². The van der Waals surface area contributed by atoms with Crippen molar-refractivity contribution in [3.05, 3.63) is 275 Å². The second-order valence-corrected chi connectivity index (χ2v) is 25.6. The van der Waals surface area contributed by atoms with Gasteiger partial charge in [-0.2, -0.15) is 0 Å². The zero-order valence-electron chi connectivity index (χ0n) is 49.3. The molecule has 2 heterocycles. The third-order valence-corrected chi connectivity index (χ3v) is 17.8. The zero-order chi connectivity index (χ0) is 57.1. The van der Waals surface area contributed by atoms with Crippen LogP contribution in [0.25, 0.3) is 65.8 Å². The maximum atomic E-state index is 7.30. The lowest BCUT2D eigenvalue weighted by atomic mass is 9.67. The van der Waals surface area contributed by atoms with Crippen LogP contribution in [0.5, 0.6) is 0 Å². The van der Waals surface area contributed by atoms with Crippen LogP contribution >= 0.6 is 0 Å². The molecule has 0 fully saturated rings. The molecule has 0 saturated heterocycles. The molecule has 1 aliphatic carbocycles. The van der Waals surface area contributed by atoms with Crippen LogP contribution in [0.2, 0.25) is 0 Å². The van der Waals surface area contributed by atoms with Crippen LogP contribution in [0.3, 0.4) is 0 Å². The number of hydrogen-bond acceptors (Lipinski definition) is 4. The Morgan fingerprint density at radius 1 is 0.337 bits per heavy atom. The third kappa shape index (κ3) is 8.23. The number of para-hydroxylation sites is 4. The average Bonchev–Trinajstić information content (AvgIpc) is 1.84. The van der Waals surface area contributed by atoms with Gasteiger partial charge in [0.25, 0.3) is 0 Å². The normalized spacial score (nSPS) is 13.3. The maximum absolute atomic E-state index is 7.30. The smallest absolute Gasteiger partial charge is 0.159 e. The Bertz CT molecular complexity index is 4580. The van der Waals surface area contributed by atoms with Crippen LogP contribution in [0, 0.1) is 0 Å². The molecule has 0 bridgehead atoms. The maximum Gasteiger partial charge on any atom is 0.159 e. The van der Waals surface area contributed by atoms with Crippen molar-refractivity contribution in [1.82, 2.24) is 0 Å². The molecule has 14 rings (SSSR count). The molecule has 0 aliphatic heterocycles. The monoisotopic (exact) mass is 1080 g/mol. The molecule has 83 heavy (non-hydrogen) atoms. The van der Waals surface area contributed by atoms with Crippen molar-refractivity contribution in [2.75, 3.05) is 9.80 Å². The minimum atomic E-state index is -0.789. The van der Waals surface area contributed by atoms with Gasteiger partial charge in [0.15, 0.2) is 11.2 Å². The first-order chi connectivity index (χ1) is 40.1. The predicted molar refractivity (Wildman–Crippen MR) is 351 cm³/mol. The van der Waals surface area contributed by atoms with Gasteiger partial charge in [-0.15, -0.1) is 0 Å². The summed E-state index contributed by atoms with van der Waals surface area (Å²) in [6.45, 7) is 22.7. The third-order valence-electron chi connectivity index (χ3n) is 17.8. The van der Waals surface area contributed by atoms with E-state index in [1.165, 1.54) is 61.0 Å². The molecule has 408 valence electrons. The van der Waals surface area contributed by atoms with Gasteiger partial charge in [0.1, 0.15) is 11.2 Å². The van der Waals surface area contributed by atoms with Crippen LogP contribution in [0.15, 0.2) is 239 Å². The van der Waals surface area contributed by atoms with Crippen LogP contribution in [-0.2, 0) is 16.2 Å². The van der Waals surface area contributed by atoms with Crippen LogP contribution < -0.4 is 9.80 Å². The second kappa shape index (κ2) is 19.5. The summed E-state index contributed by atoms with van der Waals surface area (Å²) in [7, 11) is 0. The average molecular weight is 1080 g/mol. The number of rotatable bonds is 10. The van der Waals surface area contributed by atoms with Crippen molar-refractivity contribution in [2.45, 2.75) is 97.3 Å². The van der Waals surface area contributed by atoms with E-state index in [1.54, 1.807) is 0 Å². The summed E-state index contributed by atoms with van der Waals surface area (Å²) in [5, 5.41) is 6.77. The first kappa shape index (κ1) is 52.0. The molecule has 0 atom stereocenters. The lowest BCUT2D eigenvalue weighted by Gasteiger charge is -2.36. The Hall–Kier alpha value is -9.12. The molecule has 11 aromatic carbocycles. The van der Waals surface area contributed by atoms with Crippen LogP contribution in [-0.4, -0.2) is 0 Å². The fourth-order valence-corrected chi connectivity index (χ4v) is 13.6. The molecule has 0 spiro atoms. The summed E-state index contributed by atoms with van der Waals surface area (Å²) in [5.74, 6) is 0.753. The molecule has 1 aliphatic rings. The number of nitrogens with zero attached hydrogens (tertiary/aromatic N) is 2. The van der Waals surface area contributed by atoms with E-state index in [0.717, 1.165) is 83.4 Å². The summed E-state index contributed by atoms with van der Waals surface area (Å²) in [4.78, 5) is 4.91. The van der Waals surface area contributed by atoms with Crippen LogP contribution in [0.1, 0.15) is 126 Å². The van der Waals surface area contributed by atoms with Crippen molar-refractivity contribution in [1.29, 1.82) is 0 Å². The molecule has 4 heteroatoms. The Morgan fingerprint density at radius 3 is 1.23 bits per heavy atom. The highest BCUT2D eigenvalue weighted by Gasteiger charge is 2.48. The van der Waals surface area contributed by atoms with Crippen LogP contribution in [0.4, 0.5) is 34.1 Å². The largest absolute Gasteiger partial charge is 0.454 e. The first-order valence-electron chi connectivity index (χ1n) is 29.6. The molecular weight excluding hydrogens is 1010 g/mol. The molecule has 0 saturated carbocycles. The number of furan rings is 2. The SMILES string of the molecule is CC(C)c1ccc(N(c2ccc3c(c2)C(c2ccccc2)(c2ccccc2)c2cc(N(c4ccc(C(C)C)cc4)c4cccc5c4oc4c(C(C)(C)C)cccc45)c4ccccc4c2-3)c2cccc3c2oc2c(C(C)(C)C)cccc23)cc1. The predicted octanol–water partition coefficient (Wildman–Crippen LogP) is 22.8. The molecule has 13 aromatic rings. The van der Waals surface area contributed by atoms with Gasteiger partial charge in [-0.25, -0.2) is 0 Å². The molecule has 2 aromatic heterocycles. The summed E-state index contributed by atoms with van der Waals surface area (Å²) in [5.41, 5.74) is 20.9. The fourth-order valence-electron chi connectivity index (χ4n) is 13.6. The van der Waals surface area contributed by atoms with E-state index < -0.39 is 5.41 Å². The van der Waals surface area contributed by atoms with Gasteiger partial charge in [0, 0.05) is 55.1 Å². The van der Waals surface area contributed by atoms with E-state index in [2.05, 4.69) is 310 Å². The molecule has 0 unspecified atom stereocenters. The van der Waals surface area contributed by atoms with E-state index in [-0.39, 0.29) is 10.8 Å². The summed E-state index contributed by atoms with van der Waals surface area (Å²) in [6, 6.07) is 86.2. The first-order valence-corrected chi connectivity index (χ1v) is 29.6. The van der Waals surface area contributed by atoms with E-state index >= 15 is 0 Å². The lowest BCUT2D eigenvalue weighted by molar-refractivity contribution is 0.572. The fraction of sp³-hybridized carbons (Fsp3) is 0.190. The molecule has 0 amide bonds. The minimum Gasteiger partial charge on any atom is -0.454 e. The Kier molecular flexibility index (Phi) is 12.2. The molecular formula is C79H70N2O2. The Morgan fingerprint density at radius 2 is 0.747 bits per heavy atom. The zero-order valence-corrected chi connectivity index (χ0v) is 49.3. The van der Waals surface area contributed by atoms with E-state index in [1.807, 2.05) is 0 Å². The Labute approximate surface area is 488 Å². The van der Waals surface area contributed by atoms with Gasteiger partial charge in [0.2, 0.25) is 0 Å². The Balaban J connectivity index is 1.08. The van der Waals surface area contributed by atoms with Gasteiger partial charge < -0.3 is 18.6 Å². The summed E-state index contributed by atoms with van der Waals surface area (Å²) in [6.07, 6.45) is 0. The summed E-state index contributed by atoms with van der Waals surface area (Å²) < 4.78 is 14.5. The van der Waals surface area contributed by atoms with Gasteiger partial charge >= 0.3 is 0 Å². The molecule has 0 N–H and O–H groups in total. The highest BCUT2D eigenvalue weighted by Crippen LogP contribution is 2.61. The van der Waals surface area contributed by atoms with Gasteiger partial charge in [0.05, 0.1) is 22.5 Å². The quantitative estimate of drug-likeness (QED) is 0.137. The highest BCUT2D eigenvalue weighted by atomic mass is 16.3. The van der Waals surface area contributed by atoms with E-state index in [4.69, 9.17) is 8.83 Å². The van der Waals surface area contributed by atoms with Crippen molar-refractivity contribution >= 4 is 88.8 Å². The van der Waals surface area contributed by atoms with Gasteiger partial charge in [-0.05, 0) is 127 Å². The number of anilines is 6.